The summed E-state index contributed by atoms with van der Waals surface area (Å²) in [5.74, 6) is -0.121. The highest BCUT2D eigenvalue weighted by molar-refractivity contribution is 6.30. The number of hydrogen-bond donors (Lipinski definition) is 1. The monoisotopic (exact) mass is 492 g/mol. The van der Waals surface area contributed by atoms with E-state index in [0.717, 1.165) is 13.1 Å². The quantitative estimate of drug-likeness (QED) is 0.604. The molecule has 4 rings (SSSR count). The summed E-state index contributed by atoms with van der Waals surface area (Å²) in [6.07, 6.45) is 2.23. The lowest BCUT2D eigenvalue weighted by Gasteiger charge is -2.33. The molecule has 34 heavy (non-hydrogen) atoms. The molecular formula is C21H25ClN6O6. The van der Waals surface area contributed by atoms with E-state index in [2.05, 4.69) is 24.6 Å². The van der Waals surface area contributed by atoms with Gasteiger partial charge in [0, 0.05) is 44.8 Å². The Hall–Kier alpha value is -3.35. The second kappa shape index (κ2) is 11.7. The van der Waals surface area contributed by atoms with Crippen molar-refractivity contribution in [3.8, 4) is 0 Å². The number of amides is 2. The van der Waals surface area contributed by atoms with Gasteiger partial charge in [0.15, 0.2) is 5.69 Å². The van der Waals surface area contributed by atoms with E-state index in [4.69, 9.17) is 21.4 Å². The van der Waals surface area contributed by atoms with Crippen LogP contribution in [0.3, 0.4) is 0 Å². The summed E-state index contributed by atoms with van der Waals surface area (Å²) in [6, 6.07) is 3.20. The maximum absolute atomic E-state index is 12.8. The zero-order chi connectivity index (χ0) is 24.7. The number of piperazine rings is 1. The first-order chi connectivity index (χ1) is 16.3. The number of ether oxygens (including phenoxy) is 2. The minimum absolute atomic E-state index is 0.0868. The summed E-state index contributed by atoms with van der Waals surface area (Å²) in [7, 11) is 2.00. The molecule has 0 aromatic carbocycles. The molecule has 2 aliphatic heterocycles. The Morgan fingerprint density at radius 1 is 1.24 bits per heavy atom. The van der Waals surface area contributed by atoms with E-state index in [9.17, 15) is 14.4 Å². The molecule has 0 aliphatic carbocycles. The molecule has 2 aliphatic rings. The van der Waals surface area contributed by atoms with Crippen LogP contribution in [0.2, 0.25) is 5.02 Å². The second-order valence-electron chi connectivity index (χ2n) is 7.60. The van der Waals surface area contributed by atoms with Gasteiger partial charge in [0.1, 0.15) is 18.1 Å². The molecule has 13 heteroatoms. The molecule has 0 bridgehead atoms. The van der Waals surface area contributed by atoms with Gasteiger partial charge in [-0.3, -0.25) is 14.6 Å². The average molecular weight is 493 g/mol. The van der Waals surface area contributed by atoms with Crippen LogP contribution >= 0.6 is 11.6 Å². The van der Waals surface area contributed by atoms with E-state index in [1.807, 2.05) is 7.05 Å². The number of fused-ring (bicyclic) bond motifs is 1. The van der Waals surface area contributed by atoms with E-state index in [1.54, 1.807) is 24.0 Å². The van der Waals surface area contributed by atoms with Crippen molar-refractivity contribution in [1.29, 1.82) is 0 Å². The van der Waals surface area contributed by atoms with Crippen LogP contribution in [-0.4, -0.2) is 94.3 Å². The van der Waals surface area contributed by atoms with Crippen LogP contribution in [0.25, 0.3) is 0 Å². The third-order valence-electron chi connectivity index (χ3n) is 4.95. The number of aromatic nitrogens is 3. The van der Waals surface area contributed by atoms with Gasteiger partial charge in [-0.05, 0) is 26.1 Å². The molecule has 1 saturated heterocycles. The summed E-state index contributed by atoms with van der Waals surface area (Å²) in [6.45, 7) is 4.58. The topological polar surface area (TPSA) is 138 Å². The van der Waals surface area contributed by atoms with Crippen molar-refractivity contribution in [2.24, 2.45) is 0 Å². The number of anilines is 1. The molecule has 12 nitrogen and oxygen atoms in total. The standard InChI is InChI=1S/C17H17ClN6O3.C4H8O3/c1-22-6-8-23(9-7-22)17(26)27-16-14-13(19-4-5-20-14)15(25)24(16)12-3-2-11(18)10-21-12;1-4(6)2-7-3-5/h2-5,10,16H,6-9H2,1H3;3-4,6H,2H2,1H3/t16-;4-/m01/s1. The number of carbonyl (C=O) groups is 3. The lowest BCUT2D eigenvalue weighted by atomic mass is 10.3. The maximum atomic E-state index is 12.8. The number of nitrogens with zero attached hydrogens (tertiary/aromatic N) is 6. The zero-order valence-electron chi connectivity index (χ0n) is 18.7. The first kappa shape index (κ1) is 25.3. The minimum atomic E-state index is -1.03. The van der Waals surface area contributed by atoms with Gasteiger partial charge in [-0.15, -0.1) is 0 Å². The summed E-state index contributed by atoms with van der Waals surface area (Å²) in [4.78, 5) is 52.4. The zero-order valence-corrected chi connectivity index (χ0v) is 19.5. The number of hydrogen-bond acceptors (Lipinski definition) is 10. The number of rotatable bonds is 5. The highest BCUT2D eigenvalue weighted by atomic mass is 35.5. The number of pyridine rings is 1. The Kier molecular flexibility index (Phi) is 8.68. The molecular weight excluding hydrogens is 468 g/mol. The van der Waals surface area contributed by atoms with Crippen molar-refractivity contribution >= 4 is 35.9 Å². The predicted molar refractivity (Wildman–Crippen MR) is 120 cm³/mol. The first-order valence-electron chi connectivity index (χ1n) is 10.4. The highest BCUT2D eigenvalue weighted by Gasteiger charge is 2.44. The molecule has 2 aromatic heterocycles. The molecule has 2 aromatic rings. The number of carbonyl (C=O) groups excluding carboxylic acids is 3. The molecule has 2 amide bonds. The Labute approximate surface area is 201 Å². The van der Waals surface area contributed by atoms with Gasteiger partial charge >= 0.3 is 6.09 Å². The first-order valence-corrected chi connectivity index (χ1v) is 10.8. The van der Waals surface area contributed by atoms with Gasteiger partial charge in [-0.2, -0.15) is 0 Å². The Morgan fingerprint density at radius 2 is 1.94 bits per heavy atom. The average Bonchev–Trinajstić information content (AvgIpc) is 3.10. The number of aliphatic hydroxyl groups excluding tert-OH is 1. The maximum Gasteiger partial charge on any atom is 0.412 e. The van der Waals surface area contributed by atoms with E-state index >= 15 is 0 Å². The van der Waals surface area contributed by atoms with Crippen molar-refractivity contribution < 1.29 is 29.0 Å². The SMILES string of the molecule is CN1CCN(C(=O)O[C@H]2c3nccnc3C(=O)N2c2ccc(Cl)cn2)CC1.C[C@@H](O)COC=O. The van der Waals surface area contributed by atoms with Crippen LogP contribution < -0.4 is 4.90 Å². The van der Waals surface area contributed by atoms with Gasteiger partial charge in [0.05, 0.1) is 11.1 Å². The van der Waals surface area contributed by atoms with Gasteiger partial charge in [-0.1, -0.05) is 11.6 Å². The number of aliphatic hydroxyl groups is 1. The van der Waals surface area contributed by atoms with Gasteiger partial charge in [-0.25, -0.2) is 19.7 Å². The summed E-state index contributed by atoms with van der Waals surface area (Å²) in [5.41, 5.74) is 0.437. The Morgan fingerprint density at radius 3 is 2.53 bits per heavy atom. The molecule has 0 spiro atoms. The third kappa shape index (κ3) is 6.16. The molecule has 1 fully saturated rings. The van der Waals surface area contributed by atoms with Crippen molar-refractivity contribution in [2.45, 2.75) is 19.3 Å². The highest BCUT2D eigenvalue weighted by Crippen LogP contribution is 2.35. The molecule has 182 valence electrons. The van der Waals surface area contributed by atoms with Crippen molar-refractivity contribution in [1.82, 2.24) is 24.8 Å². The van der Waals surface area contributed by atoms with Gasteiger partial charge in [0.25, 0.3) is 12.4 Å². The number of halogens is 1. The van der Waals surface area contributed by atoms with Crippen molar-refractivity contribution in [3.63, 3.8) is 0 Å². The van der Waals surface area contributed by atoms with Crippen molar-refractivity contribution in [2.75, 3.05) is 44.7 Å². The molecule has 2 atom stereocenters. The lowest BCUT2D eigenvalue weighted by molar-refractivity contribution is -0.131. The Bertz CT molecular complexity index is 1000. The fraction of sp³-hybridized carbons (Fsp3) is 0.429. The molecule has 0 saturated carbocycles. The minimum Gasteiger partial charge on any atom is -0.465 e. The lowest BCUT2D eigenvalue weighted by Crippen LogP contribution is -2.48. The van der Waals surface area contributed by atoms with Gasteiger partial charge < -0.3 is 24.4 Å². The molecule has 0 radical (unpaired) electrons. The number of likely N-dealkylation sites (N-methyl/N-ethyl adjacent to an activating group) is 1. The largest absolute Gasteiger partial charge is 0.465 e. The van der Waals surface area contributed by atoms with Crippen LogP contribution in [-0.2, 0) is 14.3 Å². The van der Waals surface area contributed by atoms with Crippen LogP contribution in [0, 0.1) is 0 Å². The van der Waals surface area contributed by atoms with Crippen LogP contribution in [0.15, 0.2) is 30.7 Å². The summed E-state index contributed by atoms with van der Waals surface area (Å²) < 4.78 is 9.84. The fourth-order valence-electron chi connectivity index (χ4n) is 3.22. The van der Waals surface area contributed by atoms with E-state index in [0.29, 0.717) is 36.1 Å². The molecule has 1 N–H and O–H groups in total. The summed E-state index contributed by atoms with van der Waals surface area (Å²) in [5, 5.41) is 8.83. The van der Waals surface area contributed by atoms with E-state index in [1.165, 1.54) is 23.5 Å². The molecule has 0 unspecified atom stereocenters. The van der Waals surface area contributed by atoms with Crippen LogP contribution in [0.5, 0.6) is 0 Å². The molecule has 4 heterocycles. The Balaban J connectivity index is 0.000000406. The third-order valence-corrected chi connectivity index (χ3v) is 5.18. The van der Waals surface area contributed by atoms with E-state index < -0.39 is 24.3 Å². The fourth-order valence-corrected chi connectivity index (χ4v) is 3.33. The normalized spacial score (nSPS) is 18.5. The van der Waals surface area contributed by atoms with Crippen LogP contribution in [0.4, 0.5) is 10.6 Å². The van der Waals surface area contributed by atoms with E-state index in [-0.39, 0.29) is 12.3 Å². The smallest absolute Gasteiger partial charge is 0.412 e. The van der Waals surface area contributed by atoms with Crippen molar-refractivity contribution in [3.05, 3.63) is 47.1 Å². The summed E-state index contributed by atoms with van der Waals surface area (Å²) >= 11 is 5.89. The predicted octanol–water partition coefficient (Wildman–Crippen LogP) is 1.11. The second-order valence-corrected chi connectivity index (χ2v) is 8.04. The van der Waals surface area contributed by atoms with Gasteiger partial charge in [0.2, 0.25) is 6.23 Å². The van der Waals surface area contributed by atoms with Crippen LogP contribution in [0.1, 0.15) is 29.3 Å².